The summed E-state index contributed by atoms with van der Waals surface area (Å²) in [4.78, 5) is 22.3. The summed E-state index contributed by atoms with van der Waals surface area (Å²) in [5.41, 5.74) is 4.85. The molecule has 0 aliphatic heterocycles. The van der Waals surface area contributed by atoms with Crippen LogP contribution in [0.2, 0.25) is 25.7 Å². The van der Waals surface area contributed by atoms with Gasteiger partial charge in [0.2, 0.25) is 0 Å². The molecule has 7 nitrogen and oxygen atoms in total. The largest absolute Gasteiger partial charge is 0.489 e. The van der Waals surface area contributed by atoms with E-state index < -0.39 is 14.0 Å². The lowest BCUT2D eigenvalue weighted by Crippen LogP contribution is -2.22. The molecule has 0 saturated carbocycles. The third-order valence-corrected chi connectivity index (χ3v) is 8.55. The SMILES string of the molecule is C[Si](C)(C)CCOCn1cc(C(=O)OCc2ccccc2)nc1-c1ccc(-c2ccc(OCc3ccccc3)cc2)nc1. The Kier molecular flexibility index (Phi) is 9.81. The standard InChI is InChI=1S/C35H37N3O4Si/c1-43(2,3)21-20-40-26-38-23-33(35(39)42-25-28-12-8-5-9-13-28)37-34(38)30-16-19-32(36-22-30)29-14-17-31(18-15-29)41-24-27-10-6-4-7-11-27/h4-19,22-23H,20-21,24-26H2,1-3H3. The predicted octanol–water partition coefficient (Wildman–Crippen LogP) is 7.86. The maximum atomic E-state index is 12.9. The number of ether oxygens (including phenoxy) is 3. The molecule has 5 rings (SSSR count). The summed E-state index contributed by atoms with van der Waals surface area (Å²) >= 11 is 0. The molecule has 2 heterocycles. The van der Waals surface area contributed by atoms with Crippen molar-refractivity contribution in [3.63, 3.8) is 0 Å². The Hall–Kier alpha value is -4.53. The topological polar surface area (TPSA) is 75.5 Å². The Morgan fingerprint density at radius 2 is 1.44 bits per heavy atom. The number of pyridine rings is 1. The van der Waals surface area contributed by atoms with Crippen LogP contribution >= 0.6 is 0 Å². The van der Waals surface area contributed by atoms with Crippen molar-refractivity contribution in [3.05, 3.63) is 126 Å². The van der Waals surface area contributed by atoms with Gasteiger partial charge in [-0.05, 0) is 53.6 Å². The zero-order chi connectivity index (χ0) is 30.1. The first-order chi connectivity index (χ1) is 20.8. The van der Waals surface area contributed by atoms with E-state index in [1.54, 1.807) is 12.4 Å². The highest BCUT2D eigenvalue weighted by Gasteiger charge is 2.18. The molecular formula is C35H37N3O4Si. The molecule has 8 heteroatoms. The van der Waals surface area contributed by atoms with Gasteiger partial charge >= 0.3 is 5.97 Å². The van der Waals surface area contributed by atoms with Gasteiger partial charge in [-0.3, -0.25) is 4.98 Å². The van der Waals surface area contributed by atoms with Crippen molar-refractivity contribution in [1.29, 1.82) is 0 Å². The molecule has 2 aromatic heterocycles. The zero-order valence-corrected chi connectivity index (χ0v) is 25.9. The van der Waals surface area contributed by atoms with Crippen molar-refractivity contribution >= 4 is 14.0 Å². The van der Waals surface area contributed by atoms with Crippen molar-refractivity contribution in [2.24, 2.45) is 0 Å². The number of carbonyl (C=O) groups excluding carboxylic acids is 1. The molecule has 0 N–H and O–H groups in total. The second kappa shape index (κ2) is 14.1. The maximum Gasteiger partial charge on any atom is 0.358 e. The summed E-state index contributed by atoms with van der Waals surface area (Å²) in [5.74, 6) is 0.917. The molecule has 0 aliphatic rings. The van der Waals surface area contributed by atoms with Gasteiger partial charge in [0.25, 0.3) is 0 Å². The van der Waals surface area contributed by atoms with Gasteiger partial charge in [0.05, 0.1) is 5.69 Å². The lowest BCUT2D eigenvalue weighted by Gasteiger charge is -2.16. The molecular weight excluding hydrogens is 554 g/mol. The van der Waals surface area contributed by atoms with E-state index >= 15 is 0 Å². The Bertz CT molecular complexity index is 1600. The predicted molar refractivity (Wildman–Crippen MR) is 171 cm³/mol. The molecule has 0 aliphatic carbocycles. The third kappa shape index (κ3) is 8.73. The minimum atomic E-state index is -1.23. The van der Waals surface area contributed by atoms with Gasteiger partial charge in [0.15, 0.2) is 5.69 Å². The van der Waals surface area contributed by atoms with Crippen molar-refractivity contribution in [1.82, 2.24) is 14.5 Å². The Labute approximate surface area is 254 Å². The van der Waals surface area contributed by atoms with Crippen LogP contribution in [0.5, 0.6) is 5.75 Å². The first-order valence-corrected chi connectivity index (χ1v) is 18.1. The molecule has 0 atom stereocenters. The van der Waals surface area contributed by atoms with Crippen LogP contribution in [0, 0.1) is 0 Å². The number of hydrogen-bond acceptors (Lipinski definition) is 6. The van der Waals surface area contributed by atoms with Crippen LogP contribution in [0.25, 0.3) is 22.6 Å². The van der Waals surface area contributed by atoms with Crippen LogP contribution in [0.15, 0.2) is 109 Å². The average Bonchev–Trinajstić information content (AvgIpc) is 3.46. The summed E-state index contributed by atoms with van der Waals surface area (Å²) in [6.45, 7) is 8.59. The Balaban J connectivity index is 1.29. The molecule has 0 fully saturated rings. The summed E-state index contributed by atoms with van der Waals surface area (Å²) in [5, 5.41) is 0. The third-order valence-electron chi connectivity index (χ3n) is 6.85. The number of esters is 1. The van der Waals surface area contributed by atoms with Crippen LogP contribution in [-0.2, 0) is 29.4 Å². The van der Waals surface area contributed by atoms with Crippen LogP contribution in [0.3, 0.4) is 0 Å². The highest BCUT2D eigenvalue weighted by molar-refractivity contribution is 6.76. The molecule has 43 heavy (non-hydrogen) atoms. The van der Waals surface area contributed by atoms with Gasteiger partial charge in [-0.1, -0.05) is 80.3 Å². The quantitative estimate of drug-likeness (QED) is 0.0788. The fraction of sp³-hybridized carbons (Fsp3) is 0.229. The summed E-state index contributed by atoms with van der Waals surface area (Å²) < 4.78 is 19.3. The molecule has 0 spiro atoms. The number of aromatic nitrogens is 3. The molecule has 0 radical (unpaired) electrons. The van der Waals surface area contributed by atoms with E-state index in [1.165, 1.54) is 0 Å². The molecule has 5 aromatic rings. The van der Waals surface area contributed by atoms with Crippen LogP contribution in [-0.4, -0.2) is 35.2 Å². The van der Waals surface area contributed by atoms with E-state index in [1.807, 2.05) is 102 Å². The van der Waals surface area contributed by atoms with E-state index in [0.29, 0.717) is 19.0 Å². The fourth-order valence-corrected chi connectivity index (χ4v) is 5.10. The minimum Gasteiger partial charge on any atom is -0.489 e. The summed E-state index contributed by atoms with van der Waals surface area (Å²) in [6.07, 6.45) is 3.47. The van der Waals surface area contributed by atoms with E-state index in [4.69, 9.17) is 19.2 Å². The monoisotopic (exact) mass is 591 g/mol. The van der Waals surface area contributed by atoms with Gasteiger partial charge in [-0.15, -0.1) is 0 Å². The lowest BCUT2D eigenvalue weighted by molar-refractivity contribution is 0.0465. The number of rotatable bonds is 13. The van der Waals surface area contributed by atoms with Crippen LogP contribution in [0.4, 0.5) is 0 Å². The second-order valence-corrected chi connectivity index (χ2v) is 17.2. The van der Waals surface area contributed by atoms with E-state index in [2.05, 4.69) is 24.6 Å². The van der Waals surface area contributed by atoms with Gasteiger partial charge < -0.3 is 18.8 Å². The van der Waals surface area contributed by atoms with Crippen molar-refractivity contribution in [2.75, 3.05) is 6.61 Å². The minimum absolute atomic E-state index is 0.181. The normalized spacial score (nSPS) is 11.3. The number of benzene rings is 3. The number of carbonyl (C=O) groups is 1. The van der Waals surface area contributed by atoms with E-state index in [-0.39, 0.29) is 19.0 Å². The van der Waals surface area contributed by atoms with Crippen LogP contribution < -0.4 is 4.74 Å². The Morgan fingerprint density at radius 3 is 2.07 bits per heavy atom. The molecule has 0 amide bonds. The summed E-state index contributed by atoms with van der Waals surface area (Å²) in [7, 11) is -1.23. The highest BCUT2D eigenvalue weighted by Crippen LogP contribution is 2.25. The average molecular weight is 592 g/mol. The first-order valence-electron chi connectivity index (χ1n) is 14.4. The van der Waals surface area contributed by atoms with Crippen molar-refractivity contribution in [3.8, 4) is 28.4 Å². The van der Waals surface area contributed by atoms with Crippen molar-refractivity contribution < 1.29 is 19.0 Å². The molecule has 0 bridgehead atoms. The van der Waals surface area contributed by atoms with Crippen molar-refractivity contribution in [2.45, 2.75) is 45.6 Å². The second-order valence-electron chi connectivity index (χ2n) is 11.6. The fourth-order valence-electron chi connectivity index (χ4n) is 4.34. The molecule has 0 saturated heterocycles. The van der Waals surface area contributed by atoms with E-state index in [0.717, 1.165) is 39.7 Å². The lowest BCUT2D eigenvalue weighted by atomic mass is 10.1. The van der Waals surface area contributed by atoms with Gasteiger partial charge in [0.1, 0.15) is 31.5 Å². The first kappa shape index (κ1) is 29.9. The number of imidazole rings is 1. The number of nitrogens with zero attached hydrogens (tertiary/aromatic N) is 3. The smallest absolute Gasteiger partial charge is 0.358 e. The van der Waals surface area contributed by atoms with Gasteiger partial charge in [-0.25, -0.2) is 9.78 Å². The van der Waals surface area contributed by atoms with Gasteiger partial charge in [0, 0.05) is 38.2 Å². The highest BCUT2D eigenvalue weighted by atomic mass is 28.3. The molecule has 0 unspecified atom stereocenters. The number of hydrogen-bond donors (Lipinski definition) is 0. The van der Waals surface area contributed by atoms with E-state index in [9.17, 15) is 4.79 Å². The zero-order valence-electron chi connectivity index (χ0n) is 24.9. The van der Waals surface area contributed by atoms with Crippen LogP contribution in [0.1, 0.15) is 21.6 Å². The van der Waals surface area contributed by atoms with Gasteiger partial charge in [-0.2, -0.15) is 0 Å². The maximum absolute atomic E-state index is 12.9. The molecule has 3 aromatic carbocycles. The molecule has 220 valence electrons. The Morgan fingerprint density at radius 1 is 0.791 bits per heavy atom. The summed E-state index contributed by atoms with van der Waals surface area (Å²) in [6, 6.07) is 32.5.